The van der Waals surface area contributed by atoms with E-state index in [2.05, 4.69) is 0 Å². The minimum absolute atomic E-state index is 0.0271. The van der Waals surface area contributed by atoms with Crippen LogP contribution < -0.4 is 0 Å². The maximum absolute atomic E-state index is 11.7. The molecule has 0 aromatic carbocycles. The van der Waals surface area contributed by atoms with Gasteiger partial charge >= 0.3 is 6.18 Å². The lowest BCUT2D eigenvalue weighted by Gasteiger charge is -2.12. The molecule has 58 valence electrons. The zero-order valence-electron chi connectivity index (χ0n) is 5.57. The highest BCUT2D eigenvalue weighted by Crippen LogP contribution is 2.28. The highest BCUT2D eigenvalue weighted by molar-refractivity contribution is 4.73. The Morgan fingerprint density at radius 1 is 1.50 bits per heavy atom. The first-order chi connectivity index (χ1) is 4.48. The quantitative estimate of drug-likeness (QED) is 0.594. The molecule has 0 radical (unpaired) electrons. The van der Waals surface area contributed by atoms with Gasteiger partial charge < -0.3 is 0 Å². The van der Waals surface area contributed by atoms with Crippen molar-refractivity contribution >= 4 is 0 Å². The van der Waals surface area contributed by atoms with Crippen LogP contribution in [0.25, 0.3) is 0 Å². The molecule has 1 atom stereocenters. The van der Waals surface area contributed by atoms with E-state index in [-0.39, 0.29) is 12.8 Å². The van der Waals surface area contributed by atoms with E-state index in [0.29, 0.717) is 0 Å². The molecule has 0 aliphatic carbocycles. The van der Waals surface area contributed by atoms with Crippen molar-refractivity contribution in [2.24, 2.45) is 5.92 Å². The number of nitrogens with zero attached hydrogens (tertiary/aromatic N) is 1. The summed E-state index contributed by atoms with van der Waals surface area (Å²) in [5, 5.41) is 7.96. The molecule has 0 rings (SSSR count). The molecular weight excluding hydrogens is 143 g/mol. The highest BCUT2D eigenvalue weighted by atomic mass is 19.4. The van der Waals surface area contributed by atoms with Crippen molar-refractivity contribution in [2.75, 3.05) is 0 Å². The fourth-order valence-corrected chi connectivity index (χ4v) is 0.445. The molecule has 1 unspecified atom stereocenters. The molecule has 0 amide bonds. The zero-order chi connectivity index (χ0) is 8.20. The molecule has 0 fully saturated rings. The van der Waals surface area contributed by atoms with Gasteiger partial charge in [-0.05, 0) is 6.42 Å². The van der Waals surface area contributed by atoms with Crippen LogP contribution in [0.1, 0.15) is 19.8 Å². The van der Waals surface area contributed by atoms with Gasteiger partial charge in [-0.15, -0.1) is 0 Å². The van der Waals surface area contributed by atoms with Crippen LogP contribution in [0.15, 0.2) is 0 Å². The van der Waals surface area contributed by atoms with Gasteiger partial charge in [0.2, 0.25) is 0 Å². The summed E-state index contributed by atoms with van der Waals surface area (Å²) in [5.41, 5.74) is 0. The molecule has 0 aliphatic rings. The Morgan fingerprint density at radius 2 is 2.00 bits per heavy atom. The molecule has 0 saturated heterocycles. The van der Waals surface area contributed by atoms with E-state index < -0.39 is 12.1 Å². The smallest absolute Gasteiger partial charge is 0.198 e. The molecule has 0 saturated carbocycles. The summed E-state index contributed by atoms with van der Waals surface area (Å²) in [5.74, 6) is -1.35. The molecule has 0 aliphatic heterocycles. The fraction of sp³-hybridized carbons (Fsp3) is 0.833. The van der Waals surface area contributed by atoms with E-state index in [4.69, 9.17) is 5.26 Å². The number of rotatable bonds is 2. The first kappa shape index (κ1) is 9.28. The Labute approximate surface area is 57.5 Å². The van der Waals surface area contributed by atoms with Gasteiger partial charge in [-0.1, -0.05) is 6.92 Å². The van der Waals surface area contributed by atoms with Crippen molar-refractivity contribution in [3.8, 4) is 6.07 Å². The van der Waals surface area contributed by atoms with Gasteiger partial charge in [-0.2, -0.15) is 18.4 Å². The summed E-state index contributed by atoms with van der Waals surface area (Å²) in [6.45, 7) is 1.08. The monoisotopic (exact) mass is 151 g/mol. The van der Waals surface area contributed by atoms with E-state index in [1.807, 2.05) is 0 Å². The average Bonchev–Trinajstić information content (AvgIpc) is 1.80. The molecule has 0 aromatic rings. The second-order valence-electron chi connectivity index (χ2n) is 2.14. The molecule has 1 nitrogen and oxygen atoms in total. The van der Waals surface area contributed by atoms with Crippen LogP contribution in [0.4, 0.5) is 13.2 Å². The molecule has 0 heterocycles. The Bertz CT molecular complexity index is 133. The standard InChI is InChI=1S/C6H8F3N/c1-5(3-2-4-10)6(7,8)9/h5H,2-3H2,1H3. The summed E-state index contributed by atoms with van der Waals surface area (Å²) in [6, 6.07) is 1.67. The van der Waals surface area contributed by atoms with E-state index in [9.17, 15) is 13.2 Å². The number of hydrogen-bond donors (Lipinski definition) is 0. The van der Waals surface area contributed by atoms with Gasteiger partial charge in [0.05, 0.1) is 12.0 Å². The van der Waals surface area contributed by atoms with Gasteiger partial charge in [0.15, 0.2) is 0 Å². The minimum Gasteiger partial charge on any atom is -0.198 e. The molecule has 0 aromatic heterocycles. The topological polar surface area (TPSA) is 23.8 Å². The van der Waals surface area contributed by atoms with Crippen LogP contribution in [0.5, 0.6) is 0 Å². The van der Waals surface area contributed by atoms with E-state index in [1.54, 1.807) is 6.07 Å². The summed E-state index contributed by atoms with van der Waals surface area (Å²) >= 11 is 0. The van der Waals surface area contributed by atoms with Crippen molar-refractivity contribution in [1.82, 2.24) is 0 Å². The first-order valence-electron chi connectivity index (χ1n) is 2.92. The Hall–Kier alpha value is -0.720. The summed E-state index contributed by atoms with van der Waals surface area (Å²) in [7, 11) is 0. The second kappa shape index (κ2) is 3.45. The van der Waals surface area contributed by atoms with Gasteiger partial charge in [0.25, 0.3) is 0 Å². The lowest BCUT2D eigenvalue weighted by Crippen LogP contribution is -2.19. The van der Waals surface area contributed by atoms with Crippen molar-refractivity contribution in [2.45, 2.75) is 25.9 Å². The van der Waals surface area contributed by atoms with Crippen molar-refractivity contribution in [3.63, 3.8) is 0 Å². The maximum atomic E-state index is 11.7. The number of nitriles is 1. The van der Waals surface area contributed by atoms with Crippen LogP contribution >= 0.6 is 0 Å². The van der Waals surface area contributed by atoms with Gasteiger partial charge in [-0.25, -0.2) is 0 Å². The molecule has 10 heavy (non-hydrogen) atoms. The summed E-state index contributed by atoms with van der Waals surface area (Å²) < 4.78 is 35.0. The van der Waals surface area contributed by atoms with Crippen LogP contribution in [0.3, 0.4) is 0 Å². The normalized spacial score (nSPS) is 14.3. The molecule has 4 heteroatoms. The number of alkyl halides is 3. The van der Waals surface area contributed by atoms with Crippen LogP contribution in [0, 0.1) is 17.2 Å². The van der Waals surface area contributed by atoms with E-state index >= 15 is 0 Å². The Balaban J connectivity index is 3.65. The van der Waals surface area contributed by atoms with Crippen LogP contribution in [-0.4, -0.2) is 6.18 Å². The summed E-state index contributed by atoms with van der Waals surface area (Å²) in [6.07, 6.45) is -4.27. The minimum atomic E-state index is -4.14. The third-order valence-corrected chi connectivity index (χ3v) is 1.25. The predicted octanol–water partition coefficient (Wildman–Crippen LogP) is 2.49. The summed E-state index contributed by atoms with van der Waals surface area (Å²) in [4.78, 5) is 0. The second-order valence-corrected chi connectivity index (χ2v) is 2.14. The van der Waals surface area contributed by atoms with Gasteiger partial charge in [-0.3, -0.25) is 0 Å². The van der Waals surface area contributed by atoms with Gasteiger partial charge in [0, 0.05) is 6.42 Å². The molecule has 0 bridgehead atoms. The largest absolute Gasteiger partial charge is 0.391 e. The molecular formula is C6H8F3N. The maximum Gasteiger partial charge on any atom is 0.391 e. The highest BCUT2D eigenvalue weighted by Gasteiger charge is 2.34. The fourth-order valence-electron chi connectivity index (χ4n) is 0.445. The lowest BCUT2D eigenvalue weighted by atomic mass is 10.1. The lowest BCUT2D eigenvalue weighted by molar-refractivity contribution is -0.170. The Morgan fingerprint density at radius 3 is 2.30 bits per heavy atom. The average molecular weight is 151 g/mol. The van der Waals surface area contributed by atoms with Crippen molar-refractivity contribution in [1.29, 1.82) is 5.26 Å². The first-order valence-corrected chi connectivity index (χ1v) is 2.92. The molecule has 0 spiro atoms. The van der Waals surface area contributed by atoms with Crippen LogP contribution in [-0.2, 0) is 0 Å². The van der Waals surface area contributed by atoms with E-state index in [0.717, 1.165) is 6.92 Å². The third-order valence-electron chi connectivity index (χ3n) is 1.25. The SMILES string of the molecule is CC(CCC#N)C(F)(F)F. The zero-order valence-corrected chi connectivity index (χ0v) is 5.57. The van der Waals surface area contributed by atoms with Crippen molar-refractivity contribution < 1.29 is 13.2 Å². The van der Waals surface area contributed by atoms with E-state index in [1.165, 1.54) is 0 Å². The van der Waals surface area contributed by atoms with Crippen LogP contribution in [0.2, 0.25) is 0 Å². The third kappa shape index (κ3) is 3.33. The molecule has 0 N–H and O–H groups in total. The predicted molar refractivity (Wildman–Crippen MR) is 30.1 cm³/mol. The number of hydrogen-bond acceptors (Lipinski definition) is 1. The van der Waals surface area contributed by atoms with Crippen molar-refractivity contribution in [3.05, 3.63) is 0 Å². The number of halogens is 3. The Kier molecular flexibility index (Phi) is 3.20. The van der Waals surface area contributed by atoms with Gasteiger partial charge in [0.1, 0.15) is 0 Å².